The molecule has 1 N–H and O–H groups in total. The average molecular weight is 401 g/mol. The molecule has 7 heteroatoms. The number of benzene rings is 2. The van der Waals surface area contributed by atoms with Crippen molar-refractivity contribution in [2.75, 3.05) is 24.7 Å². The van der Waals surface area contributed by atoms with Crippen molar-refractivity contribution in [2.24, 2.45) is 0 Å². The van der Waals surface area contributed by atoms with Crippen LogP contribution in [0, 0.1) is 0 Å². The summed E-state index contributed by atoms with van der Waals surface area (Å²) in [4.78, 5) is 25.9. The lowest BCUT2D eigenvalue weighted by atomic mass is 10.1. The zero-order chi connectivity index (χ0) is 19.5. The maximum absolute atomic E-state index is 12.3. The molecule has 2 aromatic rings. The van der Waals surface area contributed by atoms with E-state index < -0.39 is 0 Å². The first-order valence-electron chi connectivity index (χ1n) is 9.34. The molecule has 0 spiro atoms. The van der Waals surface area contributed by atoms with Gasteiger partial charge in [0.25, 0.3) is 0 Å². The second-order valence-electron chi connectivity index (χ2n) is 6.87. The summed E-state index contributed by atoms with van der Waals surface area (Å²) in [6.45, 7) is 2.13. The lowest BCUT2D eigenvalue weighted by molar-refractivity contribution is -0.120. The molecule has 4 rings (SSSR count). The minimum atomic E-state index is -0.105. The molecule has 1 saturated heterocycles. The molecule has 2 aliphatic rings. The summed E-state index contributed by atoms with van der Waals surface area (Å²) in [5.41, 5.74) is 2.65. The first-order valence-corrected chi connectivity index (χ1v) is 9.72. The highest BCUT2D eigenvalue weighted by molar-refractivity contribution is 6.32. The Kier molecular flexibility index (Phi) is 5.39. The first kappa shape index (κ1) is 18.6. The van der Waals surface area contributed by atoms with Gasteiger partial charge in [0.15, 0.2) is 11.5 Å². The Morgan fingerprint density at radius 1 is 1.11 bits per heavy atom. The molecule has 0 bridgehead atoms. The smallest absolute Gasteiger partial charge is 0.227 e. The predicted octanol–water partition coefficient (Wildman–Crippen LogP) is 3.10. The van der Waals surface area contributed by atoms with Gasteiger partial charge in [0.1, 0.15) is 13.2 Å². The molecule has 0 saturated carbocycles. The van der Waals surface area contributed by atoms with Gasteiger partial charge in [-0.25, -0.2) is 0 Å². The Balaban J connectivity index is 1.33. The number of hydrogen-bond donors (Lipinski definition) is 1. The number of hydrogen-bond acceptors (Lipinski definition) is 4. The summed E-state index contributed by atoms with van der Waals surface area (Å²) in [6.07, 6.45) is 1.72. The summed E-state index contributed by atoms with van der Waals surface area (Å²) in [5.74, 6) is 1.17. The highest BCUT2D eigenvalue weighted by Crippen LogP contribution is 2.38. The molecule has 1 fully saturated rings. The van der Waals surface area contributed by atoms with E-state index >= 15 is 0 Å². The van der Waals surface area contributed by atoms with Crippen molar-refractivity contribution in [3.05, 3.63) is 52.5 Å². The summed E-state index contributed by atoms with van der Waals surface area (Å²) in [7, 11) is 0. The number of amides is 2. The molecule has 146 valence electrons. The summed E-state index contributed by atoms with van der Waals surface area (Å²) >= 11 is 6.22. The number of carbonyl (C=O) groups excluding carboxylic acids is 2. The monoisotopic (exact) mass is 400 g/mol. The van der Waals surface area contributed by atoms with Crippen molar-refractivity contribution in [2.45, 2.75) is 25.8 Å². The van der Waals surface area contributed by atoms with Gasteiger partial charge in [-0.15, -0.1) is 0 Å². The number of nitrogens with one attached hydrogen (secondary N) is 1. The molecule has 2 heterocycles. The Hall–Kier alpha value is -2.73. The van der Waals surface area contributed by atoms with Gasteiger partial charge in [-0.1, -0.05) is 23.7 Å². The minimum absolute atomic E-state index is 0.105. The van der Waals surface area contributed by atoms with Crippen molar-refractivity contribution in [3.8, 4) is 11.5 Å². The number of rotatable bonds is 5. The molecule has 0 aromatic heterocycles. The standard InChI is InChI=1S/C21H21ClN2O4/c22-17-10-15(11-18-21(17)28-9-8-27-18)12-19(25)23-13-14-3-5-16(6-4-14)24-7-1-2-20(24)26/h3-6,10-11H,1-2,7-9,12-13H2,(H,23,25). The van der Waals surface area contributed by atoms with Crippen LogP contribution < -0.4 is 19.7 Å². The fourth-order valence-electron chi connectivity index (χ4n) is 3.43. The Morgan fingerprint density at radius 2 is 1.89 bits per heavy atom. The van der Waals surface area contributed by atoms with E-state index in [-0.39, 0.29) is 18.2 Å². The topological polar surface area (TPSA) is 67.9 Å². The van der Waals surface area contributed by atoms with Gasteiger partial charge < -0.3 is 19.7 Å². The number of fused-ring (bicyclic) bond motifs is 1. The molecule has 28 heavy (non-hydrogen) atoms. The zero-order valence-corrected chi connectivity index (χ0v) is 16.1. The zero-order valence-electron chi connectivity index (χ0n) is 15.4. The van der Waals surface area contributed by atoms with Crippen molar-refractivity contribution < 1.29 is 19.1 Å². The highest BCUT2D eigenvalue weighted by atomic mass is 35.5. The maximum Gasteiger partial charge on any atom is 0.227 e. The van der Waals surface area contributed by atoms with Crippen molar-refractivity contribution in [1.82, 2.24) is 5.32 Å². The van der Waals surface area contributed by atoms with Gasteiger partial charge in [-0.2, -0.15) is 0 Å². The molecule has 2 aliphatic heterocycles. The van der Waals surface area contributed by atoms with Crippen LogP contribution in [0.25, 0.3) is 0 Å². The van der Waals surface area contributed by atoms with Gasteiger partial charge in [-0.05, 0) is 41.8 Å². The van der Waals surface area contributed by atoms with E-state index in [1.807, 2.05) is 24.3 Å². The van der Waals surface area contributed by atoms with Crippen LogP contribution in [0.1, 0.15) is 24.0 Å². The number of carbonyl (C=O) groups is 2. The molecular weight excluding hydrogens is 380 g/mol. The molecule has 0 atom stereocenters. The number of halogens is 1. The van der Waals surface area contributed by atoms with Crippen LogP contribution in [0.2, 0.25) is 5.02 Å². The summed E-state index contributed by atoms with van der Waals surface area (Å²) in [5, 5.41) is 3.36. The lowest BCUT2D eigenvalue weighted by Crippen LogP contribution is -2.25. The Morgan fingerprint density at radius 3 is 2.64 bits per heavy atom. The summed E-state index contributed by atoms with van der Waals surface area (Å²) < 4.78 is 11.0. The largest absolute Gasteiger partial charge is 0.486 e. The van der Waals surface area contributed by atoms with E-state index in [4.69, 9.17) is 21.1 Å². The summed E-state index contributed by atoms with van der Waals surface area (Å²) in [6, 6.07) is 11.2. The fourth-order valence-corrected chi connectivity index (χ4v) is 3.72. The van der Waals surface area contributed by atoms with E-state index in [0.717, 1.165) is 29.8 Å². The van der Waals surface area contributed by atoms with E-state index in [1.165, 1.54) is 0 Å². The SMILES string of the molecule is O=C(Cc1cc(Cl)c2c(c1)OCCO2)NCc1ccc(N2CCCC2=O)cc1. The average Bonchev–Trinajstić information content (AvgIpc) is 3.13. The first-order chi connectivity index (χ1) is 13.6. The predicted molar refractivity (Wildman–Crippen MR) is 106 cm³/mol. The quantitative estimate of drug-likeness (QED) is 0.837. The molecular formula is C21H21ClN2O4. The molecule has 2 amide bonds. The second-order valence-corrected chi connectivity index (χ2v) is 7.28. The highest BCUT2D eigenvalue weighted by Gasteiger charge is 2.21. The Bertz CT molecular complexity index is 898. The van der Waals surface area contributed by atoms with Crippen molar-refractivity contribution in [1.29, 1.82) is 0 Å². The number of anilines is 1. The van der Waals surface area contributed by atoms with Crippen LogP contribution in [-0.4, -0.2) is 31.6 Å². The molecule has 0 aliphatic carbocycles. The van der Waals surface area contributed by atoms with E-state index in [9.17, 15) is 9.59 Å². The van der Waals surface area contributed by atoms with E-state index in [0.29, 0.717) is 42.7 Å². The number of nitrogens with zero attached hydrogens (tertiary/aromatic N) is 1. The molecule has 0 radical (unpaired) electrons. The van der Waals surface area contributed by atoms with Gasteiger partial charge in [0.05, 0.1) is 11.4 Å². The van der Waals surface area contributed by atoms with Crippen LogP contribution in [0.4, 0.5) is 5.69 Å². The van der Waals surface area contributed by atoms with Crippen molar-refractivity contribution in [3.63, 3.8) is 0 Å². The third-order valence-electron chi connectivity index (χ3n) is 4.83. The Labute approximate surface area is 168 Å². The van der Waals surface area contributed by atoms with E-state index in [1.54, 1.807) is 17.0 Å². The van der Waals surface area contributed by atoms with Crippen LogP contribution in [0.5, 0.6) is 11.5 Å². The van der Waals surface area contributed by atoms with Crippen molar-refractivity contribution >= 4 is 29.1 Å². The number of ether oxygens (including phenoxy) is 2. The van der Waals surface area contributed by atoms with Gasteiger partial charge >= 0.3 is 0 Å². The van der Waals surface area contributed by atoms with E-state index in [2.05, 4.69) is 5.32 Å². The van der Waals surface area contributed by atoms with Crippen LogP contribution in [-0.2, 0) is 22.6 Å². The fraction of sp³-hybridized carbons (Fsp3) is 0.333. The van der Waals surface area contributed by atoms with Gasteiger partial charge in [-0.3, -0.25) is 9.59 Å². The maximum atomic E-state index is 12.3. The second kappa shape index (κ2) is 8.10. The van der Waals surface area contributed by atoms with Crippen LogP contribution in [0.15, 0.2) is 36.4 Å². The van der Waals surface area contributed by atoms with Crippen LogP contribution in [0.3, 0.4) is 0 Å². The third kappa shape index (κ3) is 4.07. The van der Waals surface area contributed by atoms with Gasteiger partial charge in [0, 0.05) is 25.2 Å². The molecule has 0 unspecified atom stereocenters. The molecule has 6 nitrogen and oxygen atoms in total. The minimum Gasteiger partial charge on any atom is -0.486 e. The normalized spacial score (nSPS) is 15.6. The molecule has 2 aromatic carbocycles. The third-order valence-corrected chi connectivity index (χ3v) is 5.11. The van der Waals surface area contributed by atoms with Gasteiger partial charge in [0.2, 0.25) is 11.8 Å². The lowest BCUT2D eigenvalue weighted by Gasteiger charge is -2.20. The van der Waals surface area contributed by atoms with Crippen LogP contribution >= 0.6 is 11.6 Å².